The number of rotatable bonds is 7. The summed E-state index contributed by atoms with van der Waals surface area (Å²) in [4.78, 5) is 6.71. The average molecular weight is 422 g/mol. The molecule has 1 rings (SSSR count). The predicted octanol–water partition coefficient (Wildman–Crippen LogP) is 1.82. The highest BCUT2D eigenvalue weighted by atomic mass is 127. The molecule has 1 aromatic rings. The minimum atomic E-state index is 0. The second kappa shape index (κ2) is 10.8. The summed E-state index contributed by atoms with van der Waals surface area (Å²) in [6.07, 6.45) is 1.80. The molecule has 0 aliphatic carbocycles. The Kier molecular flexibility index (Phi) is 10.4. The van der Waals surface area contributed by atoms with Crippen molar-refractivity contribution in [2.45, 2.75) is 46.3 Å². The second-order valence-corrected chi connectivity index (χ2v) is 5.72. The molecule has 0 saturated heterocycles. The van der Waals surface area contributed by atoms with Gasteiger partial charge >= 0.3 is 0 Å². The first-order valence-electron chi connectivity index (χ1n) is 7.62. The molecule has 1 heterocycles. The lowest BCUT2D eigenvalue weighted by Gasteiger charge is -2.30. The maximum atomic E-state index is 4.25. The summed E-state index contributed by atoms with van der Waals surface area (Å²) >= 11 is 0. The average Bonchev–Trinajstić information content (AvgIpc) is 2.82. The maximum absolute atomic E-state index is 4.25. The third kappa shape index (κ3) is 6.95. The number of aliphatic imine (C=N–C) groups is 1. The summed E-state index contributed by atoms with van der Waals surface area (Å²) in [7, 11) is 3.73. The van der Waals surface area contributed by atoms with Crippen molar-refractivity contribution in [3.05, 3.63) is 18.0 Å². The van der Waals surface area contributed by atoms with Gasteiger partial charge in [0.25, 0.3) is 0 Å². The zero-order chi connectivity index (χ0) is 15.8. The molecule has 22 heavy (non-hydrogen) atoms. The third-order valence-corrected chi connectivity index (χ3v) is 3.57. The Morgan fingerprint density at radius 3 is 2.36 bits per heavy atom. The topological polar surface area (TPSA) is 57.5 Å². The van der Waals surface area contributed by atoms with Gasteiger partial charge < -0.3 is 10.6 Å². The van der Waals surface area contributed by atoms with Crippen LogP contribution in [0.3, 0.4) is 0 Å². The normalized spacial score (nSPS) is 12.0. The van der Waals surface area contributed by atoms with Crippen LogP contribution < -0.4 is 10.6 Å². The molecule has 0 aromatic carbocycles. The number of aryl methyl sites for hydroxylation is 1. The van der Waals surface area contributed by atoms with Gasteiger partial charge in [0, 0.05) is 45.5 Å². The molecule has 0 radical (unpaired) electrons. The summed E-state index contributed by atoms with van der Waals surface area (Å²) in [6, 6.07) is 3.10. The van der Waals surface area contributed by atoms with E-state index in [-0.39, 0.29) is 24.0 Å². The van der Waals surface area contributed by atoms with Crippen molar-refractivity contribution in [1.29, 1.82) is 0 Å². The number of hydrogen-bond donors (Lipinski definition) is 2. The van der Waals surface area contributed by atoms with Crippen LogP contribution >= 0.6 is 24.0 Å². The van der Waals surface area contributed by atoms with Crippen LogP contribution in [0.2, 0.25) is 0 Å². The van der Waals surface area contributed by atoms with Gasteiger partial charge in [0.1, 0.15) is 0 Å². The van der Waals surface area contributed by atoms with Gasteiger partial charge in [-0.1, -0.05) is 0 Å². The Labute approximate surface area is 151 Å². The molecular formula is C15H31IN6. The standard InChI is InChI=1S/C15H30N6.HI/c1-12(2)21(13(3)4)10-9-17-15(16-5)18-11-14-7-8-19-20(14)6;/h7-8,12-13H,9-11H2,1-6H3,(H2,16,17,18);1H. The van der Waals surface area contributed by atoms with Crippen LogP contribution in [-0.2, 0) is 13.6 Å². The van der Waals surface area contributed by atoms with E-state index in [4.69, 9.17) is 0 Å². The summed E-state index contributed by atoms with van der Waals surface area (Å²) in [5.41, 5.74) is 1.13. The number of nitrogens with one attached hydrogen (secondary N) is 2. The van der Waals surface area contributed by atoms with E-state index in [1.165, 1.54) is 0 Å². The fourth-order valence-corrected chi connectivity index (χ4v) is 2.39. The number of hydrogen-bond acceptors (Lipinski definition) is 3. The summed E-state index contributed by atoms with van der Waals surface area (Å²) in [6.45, 7) is 11.5. The van der Waals surface area contributed by atoms with Gasteiger partial charge in [-0.2, -0.15) is 5.10 Å². The Balaban J connectivity index is 0.00000441. The highest BCUT2D eigenvalue weighted by molar-refractivity contribution is 14.0. The molecule has 0 unspecified atom stereocenters. The van der Waals surface area contributed by atoms with Crippen molar-refractivity contribution in [2.75, 3.05) is 20.1 Å². The first-order chi connectivity index (χ1) is 9.95. The van der Waals surface area contributed by atoms with E-state index in [0.29, 0.717) is 18.6 Å². The van der Waals surface area contributed by atoms with Crippen molar-refractivity contribution >= 4 is 29.9 Å². The molecule has 0 fully saturated rings. The maximum Gasteiger partial charge on any atom is 0.191 e. The molecule has 7 heteroatoms. The molecule has 0 saturated carbocycles. The molecule has 0 bridgehead atoms. The quantitative estimate of drug-likeness (QED) is 0.400. The molecule has 0 aliphatic heterocycles. The van der Waals surface area contributed by atoms with Crippen molar-refractivity contribution in [3.63, 3.8) is 0 Å². The van der Waals surface area contributed by atoms with Crippen LogP contribution in [0.15, 0.2) is 17.3 Å². The van der Waals surface area contributed by atoms with Gasteiger partial charge in [-0.3, -0.25) is 14.6 Å². The molecule has 2 N–H and O–H groups in total. The molecule has 0 aliphatic rings. The lowest BCUT2D eigenvalue weighted by Crippen LogP contribution is -2.45. The number of guanidine groups is 1. The SMILES string of the molecule is CN=C(NCCN(C(C)C)C(C)C)NCc1ccnn1C.I. The van der Waals surface area contributed by atoms with Crippen LogP contribution in [-0.4, -0.2) is 52.9 Å². The minimum absolute atomic E-state index is 0. The van der Waals surface area contributed by atoms with Crippen LogP contribution in [0.1, 0.15) is 33.4 Å². The van der Waals surface area contributed by atoms with Gasteiger partial charge in [-0.05, 0) is 33.8 Å². The molecule has 0 atom stereocenters. The number of halogens is 1. The van der Waals surface area contributed by atoms with Gasteiger partial charge in [0.15, 0.2) is 5.96 Å². The first-order valence-corrected chi connectivity index (χ1v) is 7.62. The predicted molar refractivity (Wildman–Crippen MR) is 104 cm³/mol. The molecular weight excluding hydrogens is 391 g/mol. The monoisotopic (exact) mass is 422 g/mol. The molecule has 1 aromatic heterocycles. The van der Waals surface area contributed by atoms with Crippen LogP contribution in [0.25, 0.3) is 0 Å². The van der Waals surface area contributed by atoms with Crippen LogP contribution in [0, 0.1) is 0 Å². The van der Waals surface area contributed by atoms with Gasteiger partial charge in [0.05, 0.1) is 12.2 Å². The summed E-state index contributed by atoms with van der Waals surface area (Å²) in [5, 5.41) is 10.8. The summed E-state index contributed by atoms with van der Waals surface area (Å²) in [5.74, 6) is 0.823. The van der Waals surface area contributed by atoms with E-state index in [9.17, 15) is 0 Å². The highest BCUT2D eigenvalue weighted by Crippen LogP contribution is 2.03. The number of aromatic nitrogens is 2. The zero-order valence-corrected chi connectivity index (χ0v) is 17.0. The van der Waals surface area contributed by atoms with E-state index >= 15 is 0 Å². The fourth-order valence-electron chi connectivity index (χ4n) is 2.39. The Morgan fingerprint density at radius 1 is 1.27 bits per heavy atom. The van der Waals surface area contributed by atoms with E-state index in [1.807, 2.05) is 17.8 Å². The van der Waals surface area contributed by atoms with Crippen molar-refractivity contribution in [3.8, 4) is 0 Å². The molecule has 0 spiro atoms. The molecule has 6 nitrogen and oxygen atoms in total. The van der Waals surface area contributed by atoms with E-state index < -0.39 is 0 Å². The summed E-state index contributed by atoms with van der Waals surface area (Å²) < 4.78 is 1.86. The highest BCUT2D eigenvalue weighted by Gasteiger charge is 2.12. The third-order valence-electron chi connectivity index (χ3n) is 3.57. The van der Waals surface area contributed by atoms with Crippen LogP contribution in [0.4, 0.5) is 0 Å². The zero-order valence-electron chi connectivity index (χ0n) is 14.6. The Hall–Kier alpha value is -0.830. The molecule has 0 amide bonds. The van der Waals surface area contributed by atoms with Crippen molar-refractivity contribution < 1.29 is 0 Å². The smallest absolute Gasteiger partial charge is 0.191 e. The van der Waals surface area contributed by atoms with E-state index in [1.54, 1.807) is 13.2 Å². The van der Waals surface area contributed by atoms with Gasteiger partial charge in [-0.25, -0.2) is 0 Å². The van der Waals surface area contributed by atoms with E-state index in [2.05, 4.69) is 53.3 Å². The van der Waals surface area contributed by atoms with Crippen LogP contribution in [0.5, 0.6) is 0 Å². The Morgan fingerprint density at radius 2 is 1.91 bits per heavy atom. The lowest BCUT2D eigenvalue weighted by atomic mass is 10.2. The first kappa shape index (κ1) is 21.2. The molecule has 128 valence electrons. The largest absolute Gasteiger partial charge is 0.355 e. The fraction of sp³-hybridized carbons (Fsp3) is 0.733. The number of nitrogens with zero attached hydrogens (tertiary/aromatic N) is 4. The lowest BCUT2D eigenvalue weighted by molar-refractivity contribution is 0.178. The van der Waals surface area contributed by atoms with Gasteiger partial charge in [0.2, 0.25) is 0 Å². The Bertz CT molecular complexity index is 433. The van der Waals surface area contributed by atoms with Crippen molar-refractivity contribution in [1.82, 2.24) is 25.3 Å². The van der Waals surface area contributed by atoms with Gasteiger partial charge in [-0.15, -0.1) is 24.0 Å². The second-order valence-electron chi connectivity index (χ2n) is 5.72. The van der Waals surface area contributed by atoms with Crippen molar-refractivity contribution in [2.24, 2.45) is 12.0 Å². The minimum Gasteiger partial charge on any atom is -0.355 e. The van der Waals surface area contributed by atoms with E-state index in [0.717, 1.165) is 24.7 Å².